The van der Waals surface area contributed by atoms with Crippen LogP contribution in [-0.2, 0) is 22.3 Å². The maximum atomic E-state index is 13.4. The molecule has 0 radical (unpaired) electrons. The van der Waals surface area contributed by atoms with Crippen LogP contribution in [-0.4, -0.2) is 31.8 Å². The zero-order valence-corrected chi connectivity index (χ0v) is 19.5. The highest BCUT2D eigenvalue weighted by molar-refractivity contribution is 7.88. The number of hydrogen-bond donors (Lipinski definition) is 2. The highest BCUT2D eigenvalue weighted by Gasteiger charge is 2.14. The molecule has 0 amide bonds. The van der Waals surface area contributed by atoms with Crippen LogP contribution in [0.2, 0.25) is 0 Å². The van der Waals surface area contributed by atoms with Crippen LogP contribution < -0.4 is 15.9 Å². The van der Waals surface area contributed by atoms with E-state index < -0.39 is 10.0 Å². The van der Waals surface area contributed by atoms with Gasteiger partial charge in [-0.2, -0.15) is 0 Å². The third kappa shape index (κ3) is 5.03. The van der Waals surface area contributed by atoms with Crippen molar-refractivity contribution in [2.24, 2.45) is 10.7 Å². The summed E-state index contributed by atoms with van der Waals surface area (Å²) in [6.07, 6.45) is 4.62. The molecular weight excluding hydrogens is 454 g/mol. The normalized spacial score (nSPS) is 12.7. The van der Waals surface area contributed by atoms with Gasteiger partial charge < -0.3 is 10.3 Å². The minimum absolute atomic E-state index is 0.0200. The number of fused-ring (bicyclic) bond motifs is 2. The van der Waals surface area contributed by atoms with Crippen molar-refractivity contribution < 1.29 is 12.9 Å². The molecule has 9 nitrogen and oxygen atoms in total. The Labute approximate surface area is 196 Å². The van der Waals surface area contributed by atoms with E-state index in [0.29, 0.717) is 49.8 Å². The Morgan fingerprint density at radius 3 is 2.68 bits per heavy atom. The maximum Gasteiger partial charge on any atom is 0.216 e. The summed E-state index contributed by atoms with van der Waals surface area (Å²) in [5.74, 6) is 0.312. The second-order valence-electron chi connectivity index (χ2n) is 7.76. The van der Waals surface area contributed by atoms with Crippen LogP contribution in [0.5, 0.6) is 0 Å². The Hall–Kier alpha value is -3.89. The molecule has 34 heavy (non-hydrogen) atoms. The number of benzene rings is 1. The van der Waals surface area contributed by atoms with E-state index in [0.717, 1.165) is 0 Å². The van der Waals surface area contributed by atoms with E-state index >= 15 is 0 Å². The molecule has 0 saturated carbocycles. The summed E-state index contributed by atoms with van der Waals surface area (Å²) in [5, 5.41) is 5.26. The lowest BCUT2D eigenvalue weighted by Crippen LogP contribution is -2.24. The molecule has 2 aromatic carbocycles. The first-order chi connectivity index (χ1) is 16.3. The van der Waals surface area contributed by atoms with Gasteiger partial charge in [0.1, 0.15) is 5.76 Å². The zero-order valence-electron chi connectivity index (χ0n) is 18.6. The van der Waals surface area contributed by atoms with Gasteiger partial charge in [-0.3, -0.25) is 14.8 Å². The lowest BCUT2D eigenvalue weighted by Gasteiger charge is -2.06. The van der Waals surface area contributed by atoms with Gasteiger partial charge in [-0.25, -0.2) is 13.1 Å². The van der Waals surface area contributed by atoms with Gasteiger partial charge in [0.05, 0.1) is 23.5 Å². The fourth-order valence-electron chi connectivity index (χ4n) is 3.61. The fraction of sp³-hybridized carbons (Fsp3) is 0.167. The van der Waals surface area contributed by atoms with E-state index in [2.05, 4.69) is 19.9 Å². The number of allylic oxidation sites excluding steroid dienone is 1. The average molecular weight is 478 g/mol. The molecule has 0 aliphatic rings. The molecule has 3 N–H and O–H groups in total. The van der Waals surface area contributed by atoms with Crippen molar-refractivity contribution in [2.45, 2.75) is 19.2 Å². The van der Waals surface area contributed by atoms with Crippen LogP contribution in [0.15, 0.2) is 69.2 Å². The predicted octanol–water partition coefficient (Wildman–Crippen LogP) is 2.66. The van der Waals surface area contributed by atoms with Crippen molar-refractivity contribution in [3.63, 3.8) is 0 Å². The molecule has 0 aliphatic carbocycles. The number of aromatic nitrogens is 2. The van der Waals surface area contributed by atoms with Crippen molar-refractivity contribution in [1.29, 1.82) is 0 Å². The molecule has 0 unspecified atom stereocenters. The molecule has 0 bridgehead atoms. The van der Waals surface area contributed by atoms with Crippen LogP contribution in [0, 0.1) is 6.92 Å². The monoisotopic (exact) mass is 477 g/mol. The van der Waals surface area contributed by atoms with Crippen molar-refractivity contribution in [3.8, 4) is 0 Å². The number of pyridine rings is 1. The van der Waals surface area contributed by atoms with Crippen molar-refractivity contribution in [2.75, 3.05) is 7.05 Å². The van der Waals surface area contributed by atoms with Crippen molar-refractivity contribution >= 4 is 43.5 Å². The summed E-state index contributed by atoms with van der Waals surface area (Å²) in [6.45, 7) is 1.75. The number of nitrogens with two attached hydrogens (primary N) is 1. The molecular formula is C24H23N5O4S. The zero-order chi connectivity index (χ0) is 24.3. The molecule has 4 rings (SSSR count). The van der Waals surface area contributed by atoms with Gasteiger partial charge >= 0.3 is 0 Å². The van der Waals surface area contributed by atoms with Gasteiger partial charge in [0.15, 0.2) is 5.43 Å². The molecule has 174 valence electrons. The Morgan fingerprint density at radius 1 is 1.18 bits per heavy atom. The Kier molecular flexibility index (Phi) is 6.53. The second kappa shape index (κ2) is 9.54. The topological polar surface area (TPSA) is 141 Å². The number of aliphatic imine (C=N–C) groups is 1. The highest BCUT2D eigenvalue weighted by Crippen LogP contribution is 2.20. The third-order valence-corrected chi connectivity index (χ3v) is 6.53. The van der Waals surface area contributed by atoms with Gasteiger partial charge in [0, 0.05) is 53.6 Å². The number of aryl methyl sites for hydroxylation is 1. The van der Waals surface area contributed by atoms with Crippen molar-refractivity contribution in [3.05, 3.63) is 87.7 Å². The molecule has 4 aromatic rings. The van der Waals surface area contributed by atoms with Crippen LogP contribution in [0.1, 0.15) is 22.6 Å². The number of hydrogen-bond acceptors (Lipinski definition) is 8. The van der Waals surface area contributed by atoms with Crippen molar-refractivity contribution in [1.82, 2.24) is 14.9 Å². The number of rotatable bonds is 7. The van der Waals surface area contributed by atoms with Crippen LogP contribution in [0.25, 0.3) is 27.2 Å². The van der Waals surface area contributed by atoms with Crippen LogP contribution >= 0.6 is 0 Å². The van der Waals surface area contributed by atoms with E-state index in [4.69, 9.17) is 10.3 Å². The highest BCUT2D eigenvalue weighted by atomic mass is 32.2. The Morgan fingerprint density at radius 2 is 1.97 bits per heavy atom. The summed E-state index contributed by atoms with van der Waals surface area (Å²) in [7, 11) is -2.05. The average Bonchev–Trinajstić information content (AvgIpc) is 3.19. The van der Waals surface area contributed by atoms with Gasteiger partial charge in [-0.05, 0) is 36.1 Å². The summed E-state index contributed by atoms with van der Waals surface area (Å²) in [6, 6.07) is 12.0. The second-order valence-corrected chi connectivity index (χ2v) is 9.57. The molecule has 2 heterocycles. The standard InChI is InChI=1S/C24H23N5O4S/c1-15-7-20(29-33-15)13-28-34(31,32)14-16-3-4-17-5-6-23-22(24(30)21(17)8-16)9-18(12-27-23)19(10-25)11-26-2/h3-12,28H,13-14,25H2,1-2H3. The Balaban J connectivity index is 1.72. The summed E-state index contributed by atoms with van der Waals surface area (Å²) in [4.78, 5) is 21.8. The van der Waals surface area contributed by atoms with Gasteiger partial charge in [0.2, 0.25) is 10.0 Å². The van der Waals surface area contributed by atoms with Crippen LogP contribution in [0.4, 0.5) is 0 Å². The molecule has 0 fully saturated rings. The van der Waals surface area contributed by atoms with Crippen LogP contribution in [0.3, 0.4) is 0 Å². The molecule has 0 aliphatic heterocycles. The lowest BCUT2D eigenvalue weighted by atomic mass is 10.1. The molecule has 10 heteroatoms. The third-order valence-electron chi connectivity index (χ3n) is 5.23. The number of nitrogens with zero attached hydrogens (tertiary/aromatic N) is 3. The SMILES string of the molecule is CN=CC(=CN)c1cnc2ccc3ccc(CS(=O)(=O)NCc4cc(C)on4)cc3c(=O)c2c1. The molecule has 2 aromatic heterocycles. The van der Waals surface area contributed by atoms with E-state index in [1.807, 2.05) is 0 Å². The summed E-state index contributed by atoms with van der Waals surface area (Å²) in [5.41, 5.74) is 8.23. The number of nitrogens with one attached hydrogen (secondary N) is 1. The van der Waals surface area contributed by atoms with Gasteiger partial charge in [-0.15, -0.1) is 0 Å². The maximum absolute atomic E-state index is 13.4. The predicted molar refractivity (Wildman–Crippen MR) is 133 cm³/mol. The Bertz CT molecular complexity index is 1610. The summed E-state index contributed by atoms with van der Waals surface area (Å²) >= 11 is 0. The van der Waals surface area contributed by atoms with Gasteiger partial charge in [-0.1, -0.05) is 23.4 Å². The molecule has 0 spiro atoms. The first-order valence-corrected chi connectivity index (χ1v) is 12.0. The summed E-state index contributed by atoms with van der Waals surface area (Å²) < 4.78 is 32.7. The van der Waals surface area contributed by atoms with E-state index in [-0.39, 0.29) is 17.7 Å². The largest absolute Gasteiger partial charge is 0.404 e. The van der Waals surface area contributed by atoms with E-state index in [1.165, 1.54) is 6.20 Å². The minimum Gasteiger partial charge on any atom is -0.404 e. The first-order valence-electron chi connectivity index (χ1n) is 10.4. The van der Waals surface area contributed by atoms with E-state index in [9.17, 15) is 13.2 Å². The number of sulfonamides is 1. The van der Waals surface area contributed by atoms with E-state index in [1.54, 1.807) is 68.8 Å². The first kappa shape index (κ1) is 23.3. The fourth-order valence-corrected chi connectivity index (χ4v) is 4.69. The molecule has 0 atom stereocenters. The molecule has 0 saturated heterocycles. The van der Waals surface area contributed by atoms with Gasteiger partial charge in [0.25, 0.3) is 0 Å². The lowest BCUT2D eigenvalue weighted by molar-refractivity contribution is 0.390. The minimum atomic E-state index is -3.67. The smallest absolute Gasteiger partial charge is 0.216 e. The quantitative estimate of drug-likeness (QED) is 0.390.